The van der Waals surface area contributed by atoms with E-state index in [0.29, 0.717) is 5.56 Å². The standard InChI is InChI=1S/C11H14NO/c1-9(13)11-6-4-10(5-7-11)8-12(2)3/h4-7H,1,8H2,2-3H3. The number of hydrogen-bond acceptors (Lipinski definition) is 2. The first-order valence-corrected chi connectivity index (χ1v) is 4.19. The molecular formula is C11H14NO. The Morgan fingerprint density at radius 2 is 1.85 bits per heavy atom. The summed E-state index contributed by atoms with van der Waals surface area (Å²) in [4.78, 5) is 12.9. The number of rotatable bonds is 3. The molecule has 0 N–H and O–H groups in total. The van der Waals surface area contributed by atoms with Gasteiger partial charge in [0.15, 0.2) is 5.78 Å². The molecule has 0 unspecified atom stereocenters. The lowest BCUT2D eigenvalue weighted by Crippen LogP contribution is -2.10. The second kappa shape index (κ2) is 4.19. The Morgan fingerprint density at radius 3 is 2.23 bits per heavy atom. The molecule has 2 heteroatoms. The highest BCUT2D eigenvalue weighted by Crippen LogP contribution is 2.06. The van der Waals surface area contributed by atoms with Crippen LogP contribution in [0.15, 0.2) is 24.3 Å². The van der Waals surface area contributed by atoms with Gasteiger partial charge in [-0.2, -0.15) is 0 Å². The zero-order valence-electron chi connectivity index (χ0n) is 8.08. The summed E-state index contributed by atoms with van der Waals surface area (Å²) >= 11 is 0. The Hall–Kier alpha value is -1.15. The Kier molecular flexibility index (Phi) is 3.20. The van der Waals surface area contributed by atoms with Crippen LogP contribution in [0.4, 0.5) is 0 Å². The van der Waals surface area contributed by atoms with Crippen molar-refractivity contribution in [2.45, 2.75) is 6.54 Å². The van der Waals surface area contributed by atoms with Gasteiger partial charge in [-0.1, -0.05) is 24.3 Å². The Bertz CT molecular complexity index is 287. The molecule has 0 amide bonds. The summed E-state index contributed by atoms with van der Waals surface area (Å²) in [5.41, 5.74) is 1.87. The first kappa shape index (κ1) is 9.93. The molecule has 0 fully saturated rings. The van der Waals surface area contributed by atoms with E-state index in [4.69, 9.17) is 0 Å². The zero-order valence-corrected chi connectivity index (χ0v) is 8.08. The number of Topliss-reactive ketones (excluding diaryl/α,β-unsaturated/α-hetero) is 1. The Balaban J connectivity index is 2.75. The van der Waals surface area contributed by atoms with Crippen LogP contribution in [0.1, 0.15) is 15.9 Å². The van der Waals surface area contributed by atoms with Crippen LogP contribution in [0.2, 0.25) is 0 Å². The molecule has 1 aromatic carbocycles. The normalized spacial score (nSPS) is 10.5. The second-order valence-corrected chi connectivity index (χ2v) is 3.36. The van der Waals surface area contributed by atoms with Crippen molar-refractivity contribution in [1.29, 1.82) is 0 Å². The smallest absolute Gasteiger partial charge is 0.163 e. The molecule has 0 heterocycles. The quantitative estimate of drug-likeness (QED) is 0.654. The van der Waals surface area contributed by atoms with E-state index in [0.717, 1.165) is 6.54 Å². The first-order valence-electron chi connectivity index (χ1n) is 4.19. The molecule has 2 nitrogen and oxygen atoms in total. The Morgan fingerprint density at radius 1 is 1.31 bits per heavy atom. The van der Waals surface area contributed by atoms with Crippen molar-refractivity contribution in [3.8, 4) is 0 Å². The average Bonchev–Trinajstić information content (AvgIpc) is 2.04. The van der Waals surface area contributed by atoms with Crippen molar-refractivity contribution >= 4 is 5.78 Å². The minimum absolute atomic E-state index is 0.128. The minimum atomic E-state index is -0.128. The van der Waals surface area contributed by atoms with Gasteiger partial charge >= 0.3 is 0 Å². The molecule has 0 saturated heterocycles. The maximum atomic E-state index is 10.9. The SMILES string of the molecule is [CH2]C(=O)c1ccc(CN(C)C)cc1. The third kappa shape index (κ3) is 2.99. The highest BCUT2D eigenvalue weighted by molar-refractivity contribution is 5.99. The highest BCUT2D eigenvalue weighted by atomic mass is 16.1. The summed E-state index contributed by atoms with van der Waals surface area (Å²) in [6.07, 6.45) is 0. The van der Waals surface area contributed by atoms with Gasteiger partial charge in [-0.3, -0.25) is 4.79 Å². The molecule has 0 spiro atoms. The van der Waals surface area contributed by atoms with Gasteiger partial charge < -0.3 is 4.90 Å². The second-order valence-electron chi connectivity index (χ2n) is 3.36. The van der Waals surface area contributed by atoms with Gasteiger partial charge in [0.2, 0.25) is 0 Å². The molecule has 0 aliphatic carbocycles. The van der Waals surface area contributed by atoms with E-state index in [-0.39, 0.29) is 5.78 Å². The van der Waals surface area contributed by atoms with Gasteiger partial charge in [0, 0.05) is 19.0 Å². The summed E-state index contributed by atoms with van der Waals surface area (Å²) < 4.78 is 0. The van der Waals surface area contributed by atoms with Crippen LogP contribution >= 0.6 is 0 Å². The van der Waals surface area contributed by atoms with Crippen molar-refractivity contribution in [1.82, 2.24) is 4.90 Å². The molecule has 0 aromatic heterocycles. The Labute approximate surface area is 79.2 Å². The molecule has 0 saturated carbocycles. The van der Waals surface area contributed by atoms with Crippen LogP contribution in [-0.2, 0) is 6.54 Å². The van der Waals surface area contributed by atoms with Gasteiger partial charge in [-0.15, -0.1) is 0 Å². The lowest BCUT2D eigenvalue weighted by atomic mass is 10.1. The van der Waals surface area contributed by atoms with Crippen molar-refractivity contribution in [2.75, 3.05) is 14.1 Å². The topological polar surface area (TPSA) is 20.3 Å². The van der Waals surface area contributed by atoms with E-state index in [1.807, 2.05) is 38.4 Å². The fourth-order valence-corrected chi connectivity index (χ4v) is 1.16. The molecule has 69 valence electrons. The van der Waals surface area contributed by atoms with Crippen LogP contribution in [0.25, 0.3) is 0 Å². The predicted molar refractivity (Wildman–Crippen MR) is 53.5 cm³/mol. The molecule has 1 aromatic rings. The van der Waals surface area contributed by atoms with Crippen LogP contribution in [0.3, 0.4) is 0 Å². The van der Waals surface area contributed by atoms with Crippen LogP contribution in [-0.4, -0.2) is 24.8 Å². The van der Waals surface area contributed by atoms with Gasteiger partial charge in [0.05, 0.1) is 0 Å². The van der Waals surface area contributed by atoms with Crippen LogP contribution < -0.4 is 0 Å². The molecule has 0 atom stereocenters. The van der Waals surface area contributed by atoms with E-state index < -0.39 is 0 Å². The third-order valence-electron chi connectivity index (χ3n) is 1.77. The van der Waals surface area contributed by atoms with E-state index in [1.165, 1.54) is 5.56 Å². The lowest BCUT2D eigenvalue weighted by molar-refractivity contribution is 0.104. The van der Waals surface area contributed by atoms with E-state index >= 15 is 0 Å². The zero-order chi connectivity index (χ0) is 9.84. The fraction of sp³-hybridized carbons (Fsp3) is 0.273. The van der Waals surface area contributed by atoms with Gasteiger partial charge in [0.25, 0.3) is 0 Å². The molecule has 0 bridgehead atoms. The third-order valence-corrected chi connectivity index (χ3v) is 1.77. The lowest BCUT2D eigenvalue weighted by Gasteiger charge is -2.09. The summed E-state index contributed by atoms with van der Waals surface area (Å²) in [6, 6.07) is 7.54. The molecule has 1 rings (SSSR count). The molecule has 0 aliphatic heterocycles. The van der Waals surface area contributed by atoms with E-state index in [9.17, 15) is 4.79 Å². The molecular weight excluding hydrogens is 162 g/mol. The molecule has 1 radical (unpaired) electrons. The number of benzene rings is 1. The minimum Gasteiger partial charge on any atom is -0.305 e. The van der Waals surface area contributed by atoms with Crippen LogP contribution in [0.5, 0.6) is 0 Å². The number of ketones is 1. The number of nitrogens with zero attached hydrogens (tertiary/aromatic N) is 1. The summed E-state index contributed by atoms with van der Waals surface area (Å²) in [5, 5.41) is 0. The summed E-state index contributed by atoms with van der Waals surface area (Å²) in [7, 11) is 4.03. The van der Waals surface area contributed by atoms with Crippen LogP contribution in [0, 0.1) is 6.92 Å². The maximum Gasteiger partial charge on any atom is 0.163 e. The fourth-order valence-electron chi connectivity index (χ4n) is 1.16. The number of hydrogen-bond donors (Lipinski definition) is 0. The van der Waals surface area contributed by atoms with Gasteiger partial charge in [-0.25, -0.2) is 0 Å². The summed E-state index contributed by atoms with van der Waals surface area (Å²) in [6.45, 7) is 4.24. The maximum absolute atomic E-state index is 10.9. The van der Waals surface area contributed by atoms with Crippen molar-refractivity contribution < 1.29 is 4.79 Å². The average molecular weight is 176 g/mol. The van der Waals surface area contributed by atoms with Gasteiger partial charge in [0.1, 0.15) is 0 Å². The largest absolute Gasteiger partial charge is 0.305 e. The number of carbonyl (C=O) groups is 1. The van der Waals surface area contributed by atoms with Crippen molar-refractivity contribution in [2.24, 2.45) is 0 Å². The molecule has 0 aliphatic rings. The first-order chi connectivity index (χ1) is 6.09. The predicted octanol–water partition coefficient (Wildman–Crippen LogP) is 1.76. The summed E-state index contributed by atoms with van der Waals surface area (Å²) in [5.74, 6) is -0.128. The highest BCUT2D eigenvalue weighted by Gasteiger charge is 1.99. The van der Waals surface area contributed by atoms with E-state index in [2.05, 4.69) is 11.8 Å². The van der Waals surface area contributed by atoms with Crippen molar-refractivity contribution in [3.05, 3.63) is 42.3 Å². The van der Waals surface area contributed by atoms with Crippen molar-refractivity contribution in [3.63, 3.8) is 0 Å². The monoisotopic (exact) mass is 176 g/mol. The molecule has 13 heavy (non-hydrogen) atoms. The van der Waals surface area contributed by atoms with E-state index in [1.54, 1.807) is 0 Å². The van der Waals surface area contributed by atoms with Gasteiger partial charge in [-0.05, 0) is 19.7 Å². The number of carbonyl (C=O) groups excluding carboxylic acids is 1.